The predicted molar refractivity (Wildman–Crippen MR) is 91.1 cm³/mol. The van der Waals surface area contributed by atoms with Gasteiger partial charge in [0, 0.05) is 10.2 Å². The highest BCUT2D eigenvalue weighted by Crippen LogP contribution is 2.31. The first kappa shape index (κ1) is 16.0. The first-order chi connectivity index (χ1) is 11.6. The third-order valence-electron chi connectivity index (χ3n) is 3.07. The summed E-state index contributed by atoms with van der Waals surface area (Å²) in [5.41, 5.74) is 3.37. The molecule has 7 nitrogen and oxygen atoms in total. The van der Waals surface area contributed by atoms with E-state index in [1.165, 1.54) is 6.21 Å². The maximum absolute atomic E-state index is 11.8. The summed E-state index contributed by atoms with van der Waals surface area (Å²) >= 11 is 3.28. The lowest BCUT2D eigenvalue weighted by molar-refractivity contribution is -0.136. The van der Waals surface area contributed by atoms with Crippen LogP contribution in [0.3, 0.4) is 0 Å². The van der Waals surface area contributed by atoms with Gasteiger partial charge < -0.3 is 14.8 Å². The minimum atomic E-state index is -0.869. The monoisotopic (exact) mass is 389 g/mol. The third kappa shape index (κ3) is 3.90. The summed E-state index contributed by atoms with van der Waals surface area (Å²) in [6.07, 6.45) is 1.41. The Morgan fingerprint density at radius 2 is 1.92 bits per heavy atom. The second-order valence-electron chi connectivity index (χ2n) is 4.78. The molecule has 1 heterocycles. The minimum Gasteiger partial charge on any atom is -0.454 e. The Balaban J connectivity index is 1.55. The average molecular weight is 390 g/mol. The van der Waals surface area contributed by atoms with Crippen molar-refractivity contribution < 1.29 is 19.1 Å². The van der Waals surface area contributed by atoms with Crippen LogP contribution >= 0.6 is 15.9 Å². The molecule has 1 aliphatic rings. The molecule has 0 bridgehead atoms. The number of hydrazone groups is 1. The van der Waals surface area contributed by atoms with Gasteiger partial charge in [0.15, 0.2) is 11.5 Å². The quantitative estimate of drug-likeness (QED) is 0.478. The molecule has 0 saturated carbocycles. The smallest absolute Gasteiger partial charge is 0.329 e. The maximum atomic E-state index is 11.8. The van der Waals surface area contributed by atoms with Crippen LogP contribution in [0.1, 0.15) is 5.56 Å². The number of fused-ring (bicyclic) bond motifs is 1. The number of hydrogen-bond donors (Lipinski definition) is 2. The van der Waals surface area contributed by atoms with E-state index in [4.69, 9.17) is 9.47 Å². The van der Waals surface area contributed by atoms with Gasteiger partial charge in [-0.2, -0.15) is 5.10 Å². The SMILES string of the molecule is O=C(NN=Cc1ccc2c(c1)OCO2)C(=O)Nc1cccc(Br)c1. The Bertz CT molecular complexity index is 823. The van der Waals surface area contributed by atoms with Gasteiger partial charge in [0.2, 0.25) is 6.79 Å². The lowest BCUT2D eigenvalue weighted by Crippen LogP contribution is -2.32. The summed E-state index contributed by atoms with van der Waals surface area (Å²) in [5, 5.41) is 6.23. The van der Waals surface area contributed by atoms with Gasteiger partial charge in [-0.15, -0.1) is 0 Å². The summed E-state index contributed by atoms with van der Waals surface area (Å²) in [4.78, 5) is 23.5. The van der Waals surface area contributed by atoms with E-state index in [0.29, 0.717) is 22.7 Å². The fourth-order valence-electron chi connectivity index (χ4n) is 1.96. The van der Waals surface area contributed by atoms with E-state index in [2.05, 4.69) is 31.8 Å². The van der Waals surface area contributed by atoms with Crippen molar-refractivity contribution in [3.63, 3.8) is 0 Å². The van der Waals surface area contributed by atoms with Crippen LogP contribution in [-0.4, -0.2) is 24.8 Å². The Kier molecular flexibility index (Phi) is 4.76. The van der Waals surface area contributed by atoms with Crippen LogP contribution in [0.5, 0.6) is 11.5 Å². The molecule has 0 saturated heterocycles. The maximum Gasteiger partial charge on any atom is 0.329 e. The summed E-state index contributed by atoms with van der Waals surface area (Å²) < 4.78 is 11.2. The first-order valence-electron chi connectivity index (χ1n) is 6.91. The van der Waals surface area contributed by atoms with Crippen LogP contribution in [-0.2, 0) is 9.59 Å². The summed E-state index contributed by atoms with van der Waals surface area (Å²) in [6, 6.07) is 12.1. The van der Waals surface area contributed by atoms with E-state index >= 15 is 0 Å². The number of carbonyl (C=O) groups excluding carboxylic acids is 2. The van der Waals surface area contributed by atoms with Crippen molar-refractivity contribution in [2.24, 2.45) is 5.10 Å². The van der Waals surface area contributed by atoms with Gasteiger partial charge in [-0.1, -0.05) is 22.0 Å². The molecule has 0 spiro atoms. The van der Waals surface area contributed by atoms with Crippen molar-refractivity contribution in [3.8, 4) is 11.5 Å². The molecule has 122 valence electrons. The molecule has 3 rings (SSSR count). The predicted octanol–water partition coefficient (Wildman–Crippen LogP) is 2.27. The zero-order chi connectivity index (χ0) is 16.9. The van der Waals surface area contributed by atoms with Crippen molar-refractivity contribution >= 4 is 39.6 Å². The standard InChI is InChI=1S/C16H12BrN3O4/c17-11-2-1-3-12(7-11)19-15(21)16(22)20-18-8-10-4-5-13-14(6-10)24-9-23-13/h1-8H,9H2,(H,19,21)(H,20,22). The molecule has 2 amide bonds. The summed E-state index contributed by atoms with van der Waals surface area (Å²) in [6.45, 7) is 0.183. The van der Waals surface area contributed by atoms with Crippen LogP contribution < -0.4 is 20.2 Å². The highest BCUT2D eigenvalue weighted by atomic mass is 79.9. The second-order valence-corrected chi connectivity index (χ2v) is 5.69. The van der Waals surface area contributed by atoms with E-state index < -0.39 is 11.8 Å². The molecule has 2 N–H and O–H groups in total. The van der Waals surface area contributed by atoms with Crippen molar-refractivity contribution in [1.82, 2.24) is 5.43 Å². The Morgan fingerprint density at radius 1 is 1.08 bits per heavy atom. The number of anilines is 1. The summed E-state index contributed by atoms with van der Waals surface area (Å²) in [5.74, 6) is -0.412. The minimum absolute atomic E-state index is 0.183. The molecule has 0 atom stereocenters. The van der Waals surface area contributed by atoms with E-state index in [9.17, 15) is 9.59 Å². The lowest BCUT2D eigenvalue weighted by Gasteiger charge is -2.04. The van der Waals surface area contributed by atoms with Gasteiger partial charge in [0.25, 0.3) is 0 Å². The second kappa shape index (κ2) is 7.14. The fraction of sp³-hybridized carbons (Fsp3) is 0.0625. The molecular weight excluding hydrogens is 378 g/mol. The van der Waals surface area contributed by atoms with Gasteiger partial charge in [-0.25, -0.2) is 5.43 Å². The van der Waals surface area contributed by atoms with E-state index in [1.807, 2.05) is 6.07 Å². The number of hydrogen-bond acceptors (Lipinski definition) is 5. The lowest BCUT2D eigenvalue weighted by atomic mass is 10.2. The van der Waals surface area contributed by atoms with Crippen molar-refractivity contribution in [1.29, 1.82) is 0 Å². The van der Waals surface area contributed by atoms with Gasteiger partial charge in [0.1, 0.15) is 0 Å². The Morgan fingerprint density at radius 3 is 2.75 bits per heavy atom. The average Bonchev–Trinajstić information content (AvgIpc) is 3.02. The number of ether oxygens (including phenoxy) is 2. The molecule has 8 heteroatoms. The molecule has 2 aromatic rings. The van der Waals surface area contributed by atoms with Crippen molar-refractivity contribution in [2.45, 2.75) is 0 Å². The van der Waals surface area contributed by atoms with Crippen LogP contribution in [0.2, 0.25) is 0 Å². The highest BCUT2D eigenvalue weighted by molar-refractivity contribution is 9.10. The van der Waals surface area contributed by atoms with Crippen molar-refractivity contribution in [3.05, 3.63) is 52.5 Å². The number of halogens is 1. The van der Waals surface area contributed by atoms with E-state index in [1.54, 1.807) is 36.4 Å². The van der Waals surface area contributed by atoms with E-state index in [-0.39, 0.29) is 6.79 Å². The zero-order valence-electron chi connectivity index (χ0n) is 12.3. The molecule has 0 unspecified atom stereocenters. The summed E-state index contributed by atoms with van der Waals surface area (Å²) in [7, 11) is 0. The Hall–Kier alpha value is -2.87. The number of carbonyl (C=O) groups is 2. The molecule has 0 radical (unpaired) electrons. The van der Waals surface area contributed by atoms with Crippen LogP contribution in [0.25, 0.3) is 0 Å². The number of rotatable bonds is 3. The zero-order valence-corrected chi connectivity index (χ0v) is 13.9. The number of nitrogens with zero attached hydrogens (tertiary/aromatic N) is 1. The van der Waals surface area contributed by atoms with Gasteiger partial charge >= 0.3 is 11.8 Å². The third-order valence-corrected chi connectivity index (χ3v) is 3.56. The Labute approximate surface area is 145 Å². The highest BCUT2D eigenvalue weighted by Gasteiger charge is 2.14. The normalized spacial score (nSPS) is 12.2. The van der Waals surface area contributed by atoms with Gasteiger partial charge in [-0.3, -0.25) is 9.59 Å². The molecule has 0 fully saturated rings. The molecule has 2 aromatic carbocycles. The molecule has 1 aliphatic heterocycles. The van der Waals surface area contributed by atoms with Crippen LogP contribution in [0.4, 0.5) is 5.69 Å². The van der Waals surface area contributed by atoms with Crippen molar-refractivity contribution in [2.75, 3.05) is 12.1 Å². The number of nitrogens with one attached hydrogen (secondary N) is 2. The first-order valence-corrected chi connectivity index (χ1v) is 7.71. The number of benzene rings is 2. The molecule has 0 aliphatic carbocycles. The fourth-order valence-corrected chi connectivity index (χ4v) is 2.36. The number of amides is 2. The molecular formula is C16H12BrN3O4. The topological polar surface area (TPSA) is 89.0 Å². The van der Waals surface area contributed by atoms with Gasteiger partial charge in [0.05, 0.1) is 6.21 Å². The molecule has 24 heavy (non-hydrogen) atoms. The van der Waals surface area contributed by atoms with Crippen LogP contribution in [0, 0.1) is 0 Å². The van der Waals surface area contributed by atoms with Gasteiger partial charge in [-0.05, 0) is 42.0 Å². The largest absolute Gasteiger partial charge is 0.454 e. The molecule has 0 aromatic heterocycles. The van der Waals surface area contributed by atoms with Crippen LogP contribution in [0.15, 0.2) is 52.0 Å². The van der Waals surface area contributed by atoms with E-state index in [0.717, 1.165) is 4.47 Å².